The van der Waals surface area contributed by atoms with E-state index in [1.165, 1.54) is 0 Å². The zero-order valence-electron chi connectivity index (χ0n) is 9.10. The molecule has 1 unspecified atom stereocenters. The molecule has 0 saturated carbocycles. The Kier molecular flexibility index (Phi) is 3.01. The number of hydrogen-bond donors (Lipinski definition) is 2. The molecule has 0 fully saturated rings. The fourth-order valence-corrected chi connectivity index (χ4v) is 1.78. The molecule has 84 valence electrons. The van der Waals surface area contributed by atoms with E-state index in [1.54, 1.807) is 0 Å². The molecule has 4 nitrogen and oxygen atoms in total. The van der Waals surface area contributed by atoms with Gasteiger partial charge in [-0.3, -0.25) is 4.79 Å². The number of amides is 1. The van der Waals surface area contributed by atoms with Gasteiger partial charge in [-0.25, -0.2) is 5.43 Å². The summed E-state index contributed by atoms with van der Waals surface area (Å²) in [7, 11) is 0. The Labute approximate surface area is 94.0 Å². The number of carbonyl (C=O) groups excluding carboxylic acids is 1. The Bertz CT molecular complexity index is 423. The molecule has 1 aliphatic rings. The Balaban J connectivity index is 2.26. The molecule has 0 saturated heterocycles. The summed E-state index contributed by atoms with van der Waals surface area (Å²) in [4.78, 5) is 11.1. The van der Waals surface area contributed by atoms with E-state index in [0.29, 0.717) is 6.42 Å². The van der Waals surface area contributed by atoms with Crippen molar-refractivity contribution in [1.82, 2.24) is 5.43 Å². The highest BCUT2D eigenvalue weighted by molar-refractivity contribution is 6.05. The van der Waals surface area contributed by atoms with Gasteiger partial charge >= 0.3 is 0 Å². The highest BCUT2D eigenvalue weighted by Crippen LogP contribution is 2.16. The maximum atomic E-state index is 11.1. The third kappa shape index (κ3) is 2.12. The normalized spacial score (nSPS) is 20.2. The van der Waals surface area contributed by atoms with Crippen molar-refractivity contribution in [3.05, 3.63) is 35.4 Å². The van der Waals surface area contributed by atoms with Gasteiger partial charge in [0.1, 0.15) is 0 Å². The second-order valence-corrected chi connectivity index (χ2v) is 3.99. The number of aliphatic hydroxyl groups excluding tert-OH is 1. The molecule has 1 aromatic carbocycles. The molecule has 0 aliphatic carbocycles. The van der Waals surface area contributed by atoms with Crippen LogP contribution < -0.4 is 5.43 Å². The molecule has 1 aromatic rings. The maximum absolute atomic E-state index is 11.1. The van der Waals surface area contributed by atoms with E-state index in [2.05, 4.69) is 10.5 Å². The van der Waals surface area contributed by atoms with Gasteiger partial charge in [-0.2, -0.15) is 5.10 Å². The summed E-state index contributed by atoms with van der Waals surface area (Å²) in [6.45, 7) is 2.02. The summed E-state index contributed by atoms with van der Waals surface area (Å²) in [6, 6.07) is 7.55. The maximum Gasteiger partial charge on any atom is 0.240 e. The standard InChI is InChI=1S/C12H14N2O2/c1-8-6-11(16)13-14-12(8)10-4-2-9(7-15)3-5-10/h2-5,8,15H,6-7H2,1H3,(H,13,16). The fraction of sp³-hybridized carbons (Fsp3) is 0.333. The minimum absolute atomic E-state index is 0.0387. The van der Waals surface area contributed by atoms with Crippen molar-refractivity contribution < 1.29 is 9.90 Å². The fourth-order valence-electron chi connectivity index (χ4n) is 1.78. The number of hydrogen-bond acceptors (Lipinski definition) is 3. The van der Waals surface area contributed by atoms with Crippen molar-refractivity contribution in [3.8, 4) is 0 Å². The van der Waals surface area contributed by atoms with Crippen LogP contribution in [-0.2, 0) is 11.4 Å². The van der Waals surface area contributed by atoms with Crippen LogP contribution in [0.4, 0.5) is 0 Å². The van der Waals surface area contributed by atoms with Crippen molar-refractivity contribution in [1.29, 1.82) is 0 Å². The monoisotopic (exact) mass is 218 g/mol. The lowest BCUT2D eigenvalue weighted by atomic mass is 9.94. The van der Waals surface area contributed by atoms with Crippen molar-refractivity contribution in [2.24, 2.45) is 11.0 Å². The first kappa shape index (κ1) is 10.8. The Morgan fingerprint density at radius 3 is 2.69 bits per heavy atom. The highest BCUT2D eigenvalue weighted by atomic mass is 16.3. The number of carbonyl (C=O) groups is 1. The van der Waals surface area contributed by atoms with E-state index in [9.17, 15) is 4.79 Å². The molecule has 0 bridgehead atoms. The predicted octanol–water partition coefficient (Wildman–Crippen LogP) is 1.04. The molecule has 1 atom stereocenters. The zero-order valence-corrected chi connectivity index (χ0v) is 9.10. The van der Waals surface area contributed by atoms with E-state index in [-0.39, 0.29) is 18.4 Å². The number of hydrazone groups is 1. The lowest BCUT2D eigenvalue weighted by Gasteiger charge is -2.19. The predicted molar refractivity (Wildman–Crippen MR) is 60.8 cm³/mol. The summed E-state index contributed by atoms with van der Waals surface area (Å²) < 4.78 is 0. The quantitative estimate of drug-likeness (QED) is 0.779. The van der Waals surface area contributed by atoms with Crippen molar-refractivity contribution in [3.63, 3.8) is 0 Å². The Morgan fingerprint density at radius 2 is 2.12 bits per heavy atom. The Morgan fingerprint density at radius 1 is 1.44 bits per heavy atom. The molecular formula is C12H14N2O2. The summed E-state index contributed by atoms with van der Waals surface area (Å²) in [5.41, 5.74) is 5.24. The molecule has 1 amide bonds. The van der Waals surface area contributed by atoms with Gasteiger partial charge in [0.15, 0.2) is 0 Å². The van der Waals surface area contributed by atoms with Gasteiger partial charge < -0.3 is 5.11 Å². The first-order chi connectivity index (χ1) is 7.70. The summed E-state index contributed by atoms with van der Waals surface area (Å²) in [5.74, 6) is 0.0944. The molecule has 0 aromatic heterocycles. The number of rotatable bonds is 2. The first-order valence-corrected chi connectivity index (χ1v) is 5.27. The van der Waals surface area contributed by atoms with Crippen LogP contribution in [0.2, 0.25) is 0 Å². The summed E-state index contributed by atoms with van der Waals surface area (Å²) in [6.07, 6.45) is 0.473. The summed E-state index contributed by atoms with van der Waals surface area (Å²) >= 11 is 0. The van der Waals surface area contributed by atoms with Crippen molar-refractivity contribution in [2.45, 2.75) is 20.0 Å². The minimum Gasteiger partial charge on any atom is -0.392 e. The van der Waals surface area contributed by atoms with Crippen molar-refractivity contribution in [2.75, 3.05) is 0 Å². The van der Waals surface area contributed by atoms with Crippen LogP contribution in [0.5, 0.6) is 0 Å². The topological polar surface area (TPSA) is 61.7 Å². The van der Waals surface area contributed by atoms with Gasteiger partial charge in [0.05, 0.1) is 12.3 Å². The summed E-state index contributed by atoms with van der Waals surface area (Å²) in [5, 5.41) is 13.0. The second-order valence-electron chi connectivity index (χ2n) is 3.99. The van der Waals surface area contributed by atoms with Gasteiger partial charge in [-0.05, 0) is 11.1 Å². The van der Waals surface area contributed by atoms with Gasteiger partial charge in [-0.15, -0.1) is 0 Å². The zero-order chi connectivity index (χ0) is 11.5. The SMILES string of the molecule is CC1CC(=O)NN=C1c1ccc(CO)cc1. The van der Waals surface area contributed by atoms with Gasteiger partial charge in [0.2, 0.25) is 5.91 Å². The van der Waals surface area contributed by atoms with Crippen LogP contribution in [0.15, 0.2) is 29.4 Å². The highest BCUT2D eigenvalue weighted by Gasteiger charge is 2.21. The largest absolute Gasteiger partial charge is 0.392 e. The van der Waals surface area contributed by atoms with Crippen LogP contribution >= 0.6 is 0 Å². The number of nitrogens with zero attached hydrogens (tertiary/aromatic N) is 1. The molecule has 1 aliphatic heterocycles. The van der Waals surface area contributed by atoms with E-state index in [1.807, 2.05) is 31.2 Å². The molecule has 1 heterocycles. The van der Waals surface area contributed by atoms with E-state index in [4.69, 9.17) is 5.11 Å². The van der Waals surface area contributed by atoms with Gasteiger partial charge in [0.25, 0.3) is 0 Å². The average molecular weight is 218 g/mol. The van der Waals surface area contributed by atoms with Crippen LogP contribution in [-0.4, -0.2) is 16.7 Å². The molecule has 4 heteroatoms. The van der Waals surface area contributed by atoms with E-state index < -0.39 is 0 Å². The average Bonchev–Trinajstić information content (AvgIpc) is 2.29. The van der Waals surface area contributed by atoms with Crippen LogP contribution in [0.25, 0.3) is 0 Å². The smallest absolute Gasteiger partial charge is 0.240 e. The Hall–Kier alpha value is -1.68. The third-order valence-corrected chi connectivity index (χ3v) is 2.69. The minimum atomic E-state index is -0.0387. The van der Waals surface area contributed by atoms with Gasteiger partial charge in [0, 0.05) is 12.3 Å². The van der Waals surface area contributed by atoms with E-state index >= 15 is 0 Å². The van der Waals surface area contributed by atoms with Gasteiger partial charge in [-0.1, -0.05) is 31.2 Å². The third-order valence-electron chi connectivity index (χ3n) is 2.69. The molecule has 2 rings (SSSR count). The molecule has 0 spiro atoms. The molecular weight excluding hydrogens is 204 g/mol. The van der Waals surface area contributed by atoms with Crippen molar-refractivity contribution >= 4 is 11.6 Å². The number of nitrogens with one attached hydrogen (secondary N) is 1. The van der Waals surface area contributed by atoms with E-state index in [0.717, 1.165) is 16.8 Å². The first-order valence-electron chi connectivity index (χ1n) is 5.27. The van der Waals surface area contributed by atoms with Crippen LogP contribution in [0.3, 0.4) is 0 Å². The number of benzene rings is 1. The lowest BCUT2D eigenvalue weighted by molar-refractivity contribution is -0.121. The lowest BCUT2D eigenvalue weighted by Crippen LogP contribution is -2.31. The molecule has 16 heavy (non-hydrogen) atoms. The second kappa shape index (κ2) is 4.45. The molecule has 0 radical (unpaired) electrons. The molecule has 2 N–H and O–H groups in total. The number of aliphatic hydroxyl groups is 1. The van der Waals surface area contributed by atoms with Crippen LogP contribution in [0, 0.1) is 5.92 Å². The van der Waals surface area contributed by atoms with Crippen LogP contribution in [0.1, 0.15) is 24.5 Å².